The molecule has 1 rings (SSSR count). The molecule has 1 aromatic heterocycles. The van der Waals surface area contributed by atoms with Crippen molar-refractivity contribution in [3.63, 3.8) is 0 Å². The summed E-state index contributed by atoms with van der Waals surface area (Å²) >= 11 is 5.15. The fourth-order valence-corrected chi connectivity index (χ4v) is 3.33. The first-order chi connectivity index (χ1) is 7.03. The van der Waals surface area contributed by atoms with Crippen LogP contribution in [0.5, 0.6) is 0 Å². The highest BCUT2D eigenvalue weighted by atomic mass is 79.9. The number of thiophene rings is 1. The van der Waals surface area contributed by atoms with Crippen LogP contribution in [0.2, 0.25) is 0 Å². The minimum Gasteiger partial charge on any atom is -0.390 e. The minimum atomic E-state index is -0.542. The Balaban J connectivity index is 2.41. The van der Waals surface area contributed by atoms with Gasteiger partial charge in [0, 0.05) is 11.3 Å². The number of aliphatic hydroxyl groups is 1. The summed E-state index contributed by atoms with van der Waals surface area (Å²) in [5, 5.41) is 10.2. The van der Waals surface area contributed by atoms with Crippen LogP contribution in [0.1, 0.15) is 44.4 Å². The van der Waals surface area contributed by atoms with Crippen molar-refractivity contribution >= 4 is 27.3 Å². The number of unbranched alkanes of at least 4 members (excludes halogenated alkanes) is 2. The molecule has 0 aliphatic rings. The van der Waals surface area contributed by atoms with Crippen LogP contribution in [-0.2, 0) is 6.42 Å². The molecule has 86 valence electrons. The highest BCUT2D eigenvalue weighted by Crippen LogP contribution is 2.27. The fourth-order valence-electron chi connectivity index (χ4n) is 1.67. The van der Waals surface area contributed by atoms with Gasteiger partial charge in [0.1, 0.15) is 0 Å². The van der Waals surface area contributed by atoms with Crippen LogP contribution < -0.4 is 0 Å². The molecule has 0 aliphatic heterocycles. The molecule has 15 heavy (non-hydrogen) atoms. The van der Waals surface area contributed by atoms with E-state index in [4.69, 9.17) is 0 Å². The zero-order chi connectivity index (χ0) is 11.3. The fraction of sp³-hybridized carbons (Fsp3) is 0.667. The predicted octanol–water partition coefficient (Wildman–Crippen LogP) is 4.38. The van der Waals surface area contributed by atoms with Gasteiger partial charge < -0.3 is 5.11 Å². The van der Waals surface area contributed by atoms with Gasteiger partial charge in [0.25, 0.3) is 0 Å². The van der Waals surface area contributed by atoms with Crippen LogP contribution in [0.25, 0.3) is 0 Å². The summed E-state index contributed by atoms with van der Waals surface area (Å²) in [5.41, 5.74) is -0.542. The number of halogens is 1. The van der Waals surface area contributed by atoms with Crippen LogP contribution in [0.3, 0.4) is 0 Å². The van der Waals surface area contributed by atoms with Crippen LogP contribution in [0.4, 0.5) is 0 Å². The smallest absolute Gasteiger partial charge is 0.0701 e. The second-order valence-corrected chi connectivity index (χ2v) is 6.88. The Morgan fingerprint density at radius 3 is 2.67 bits per heavy atom. The van der Waals surface area contributed by atoms with E-state index in [9.17, 15) is 5.11 Å². The van der Waals surface area contributed by atoms with Crippen molar-refractivity contribution in [2.24, 2.45) is 0 Å². The molecule has 0 fully saturated rings. The van der Waals surface area contributed by atoms with Gasteiger partial charge in [-0.1, -0.05) is 26.2 Å². The highest BCUT2D eigenvalue weighted by molar-refractivity contribution is 9.11. The predicted molar refractivity (Wildman–Crippen MR) is 70.5 cm³/mol. The van der Waals surface area contributed by atoms with Crippen molar-refractivity contribution in [3.05, 3.63) is 20.8 Å². The summed E-state index contributed by atoms with van der Waals surface area (Å²) in [5.74, 6) is 0. The molecule has 1 N–H and O–H groups in total. The van der Waals surface area contributed by atoms with E-state index in [1.807, 2.05) is 13.0 Å². The molecule has 3 heteroatoms. The highest BCUT2D eigenvalue weighted by Gasteiger charge is 2.20. The van der Waals surface area contributed by atoms with Gasteiger partial charge in [0.15, 0.2) is 0 Å². The quantitative estimate of drug-likeness (QED) is 0.771. The maximum Gasteiger partial charge on any atom is 0.0701 e. The van der Waals surface area contributed by atoms with Crippen LogP contribution in [0.15, 0.2) is 15.9 Å². The third-order valence-electron chi connectivity index (χ3n) is 2.50. The van der Waals surface area contributed by atoms with Gasteiger partial charge in [0.05, 0.1) is 9.39 Å². The van der Waals surface area contributed by atoms with Gasteiger partial charge in [-0.2, -0.15) is 0 Å². The second kappa shape index (κ2) is 6.02. The lowest BCUT2D eigenvalue weighted by Crippen LogP contribution is -2.26. The molecule has 0 bridgehead atoms. The van der Waals surface area contributed by atoms with E-state index in [0.29, 0.717) is 0 Å². The molecule has 0 spiro atoms. The summed E-state index contributed by atoms with van der Waals surface area (Å²) in [4.78, 5) is 1.25. The molecule has 1 atom stereocenters. The largest absolute Gasteiger partial charge is 0.390 e. The van der Waals surface area contributed by atoms with Crippen molar-refractivity contribution in [2.75, 3.05) is 0 Å². The average Bonchev–Trinajstić information content (AvgIpc) is 2.50. The summed E-state index contributed by atoms with van der Waals surface area (Å²) in [6.45, 7) is 4.13. The van der Waals surface area contributed by atoms with E-state index in [1.54, 1.807) is 11.3 Å². The van der Waals surface area contributed by atoms with Gasteiger partial charge in [-0.05, 0) is 41.4 Å². The molecule has 1 unspecified atom stereocenters. The van der Waals surface area contributed by atoms with Crippen molar-refractivity contribution in [1.82, 2.24) is 0 Å². The van der Waals surface area contributed by atoms with E-state index >= 15 is 0 Å². The zero-order valence-corrected chi connectivity index (χ0v) is 11.8. The van der Waals surface area contributed by atoms with Gasteiger partial charge in [0.2, 0.25) is 0 Å². The molecule has 0 radical (unpaired) electrons. The summed E-state index contributed by atoms with van der Waals surface area (Å²) in [7, 11) is 0. The Kier molecular flexibility index (Phi) is 5.30. The molecular weight excluding hydrogens is 272 g/mol. The first-order valence-corrected chi connectivity index (χ1v) is 7.11. The van der Waals surface area contributed by atoms with Gasteiger partial charge in [-0.3, -0.25) is 0 Å². The third-order valence-corrected chi connectivity index (χ3v) is 4.13. The van der Waals surface area contributed by atoms with Gasteiger partial charge in [-0.15, -0.1) is 11.3 Å². The first-order valence-electron chi connectivity index (χ1n) is 5.50. The monoisotopic (exact) mass is 290 g/mol. The molecular formula is C12H19BrOS. The lowest BCUT2D eigenvalue weighted by atomic mass is 9.94. The SMILES string of the molecule is CCCCCC(C)(O)Cc1ccc(Br)s1. The number of hydrogen-bond acceptors (Lipinski definition) is 2. The maximum absolute atomic E-state index is 10.2. The molecule has 0 saturated carbocycles. The summed E-state index contributed by atoms with van der Waals surface area (Å²) in [6.07, 6.45) is 5.21. The van der Waals surface area contributed by atoms with E-state index in [-0.39, 0.29) is 0 Å². The van der Waals surface area contributed by atoms with Crippen LogP contribution >= 0.6 is 27.3 Å². The standard InChI is InChI=1S/C12H19BrOS/c1-3-4-5-8-12(2,14)9-10-6-7-11(13)15-10/h6-7,14H,3-5,8-9H2,1-2H3. The van der Waals surface area contributed by atoms with Gasteiger partial charge >= 0.3 is 0 Å². The van der Waals surface area contributed by atoms with E-state index in [1.165, 1.54) is 17.7 Å². The number of hydrogen-bond donors (Lipinski definition) is 1. The Morgan fingerprint density at radius 1 is 1.40 bits per heavy atom. The van der Waals surface area contributed by atoms with Gasteiger partial charge in [-0.25, -0.2) is 0 Å². The van der Waals surface area contributed by atoms with Crippen LogP contribution in [0, 0.1) is 0 Å². The van der Waals surface area contributed by atoms with Crippen molar-refractivity contribution in [2.45, 2.75) is 51.6 Å². The number of rotatable bonds is 6. The molecule has 1 heterocycles. The second-order valence-electron chi connectivity index (χ2n) is 4.34. The lowest BCUT2D eigenvalue weighted by Gasteiger charge is -2.22. The Morgan fingerprint density at radius 2 is 2.13 bits per heavy atom. The molecule has 1 nitrogen and oxygen atoms in total. The lowest BCUT2D eigenvalue weighted by molar-refractivity contribution is 0.0494. The summed E-state index contributed by atoms with van der Waals surface area (Å²) < 4.78 is 1.14. The van der Waals surface area contributed by atoms with E-state index < -0.39 is 5.60 Å². The minimum absolute atomic E-state index is 0.542. The van der Waals surface area contributed by atoms with Crippen molar-refractivity contribution < 1.29 is 5.11 Å². The van der Waals surface area contributed by atoms with Crippen LogP contribution in [-0.4, -0.2) is 10.7 Å². The summed E-state index contributed by atoms with van der Waals surface area (Å²) in [6, 6.07) is 4.13. The molecule has 0 saturated heterocycles. The average molecular weight is 291 g/mol. The normalized spacial score (nSPS) is 15.2. The Bertz CT molecular complexity index is 294. The van der Waals surface area contributed by atoms with Crippen molar-refractivity contribution in [1.29, 1.82) is 0 Å². The van der Waals surface area contributed by atoms with E-state index in [0.717, 1.165) is 23.0 Å². The zero-order valence-electron chi connectivity index (χ0n) is 9.42. The molecule has 0 aliphatic carbocycles. The Labute approximate surface area is 105 Å². The molecule has 0 amide bonds. The molecule has 1 aromatic rings. The third kappa shape index (κ3) is 5.14. The first kappa shape index (κ1) is 13.2. The molecule has 0 aromatic carbocycles. The topological polar surface area (TPSA) is 20.2 Å². The van der Waals surface area contributed by atoms with E-state index in [2.05, 4.69) is 28.9 Å². The maximum atomic E-state index is 10.2. The Hall–Kier alpha value is 0.140. The van der Waals surface area contributed by atoms with Crippen molar-refractivity contribution in [3.8, 4) is 0 Å².